The maximum Gasteiger partial charge on any atom is 0.342 e. The Morgan fingerprint density at radius 3 is 2.19 bits per heavy atom. The summed E-state index contributed by atoms with van der Waals surface area (Å²) in [6.07, 6.45) is 0.133. The normalized spacial score (nSPS) is 16.3. The van der Waals surface area contributed by atoms with Gasteiger partial charge in [-0.3, -0.25) is 0 Å². The van der Waals surface area contributed by atoms with Gasteiger partial charge in [-0.2, -0.15) is 8.75 Å². The van der Waals surface area contributed by atoms with Crippen LogP contribution in [0, 0.1) is 0 Å². The average Bonchev–Trinajstić information content (AvgIpc) is 3.61. The van der Waals surface area contributed by atoms with Crippen LogP contribution in [0.3, 0.4) is 0 Å². The molecule has 2 heterocycles. The zero-order valence-electron chi connectivity index (χ0n) is 23.7. The largest absolute Gasteiger partial charge is 0.493 e. The average molecular weight is 597 g/mol. The summed E-state index contributed by atoms with van der Waals surface area (Å²) in [5.41, 5.74) is 4.63. The Labute approximate surface area is 252 Å². The Kier molecular flexibility index (Phi) is 7.71. The Morgan fingerprint density at radius 2 is 1.51 bits per heavy atom. The SMILES string of the molecule is COc1cc(CC2=C(c3ccc4nsnc4c3)C(=O)OC2(O)c2ccc(OCc3ccccc3)cc2)cc(OC)c1OC. The van der Waals surface area contributed by atoms with E-state index in [0.717, 1.165) is 17.3 Å². The van der Waals surface area contributed by atoms with Crippen LogP contribution in [-0.4, -0.2) is 41.2 Å². The molecule has 6 rings (SSSR count). The van der Waals surface area contributed by atoms with Crippen molar-refractivity contribution in [3.8, 4) is 23.0 Å². The fourth-order valence-electron chi connectivity index (χ4n) is 5.17. The van der Waals surface area contributed by atoms with Gasteiger partial charge in [0, 0.05) is 17.6 Å². The maximum absolute atomic E-state index is 13.5. The number of methoxy groups -OCH3 is 3. The minimum atomic E-state index is -2.06. The first-order valence-electron chi connectivity index (χ1n) is 13.4. The molecule has 4 aromatic carbocycles. The summed E-state index contributed by atoms with van der Waals surface area (Å²) in [6, 6.07) is 25.6. The first kappa shape index (κ1) is 28.2. The van der Waals surface area contributed by atoms with Gasteiger partial charge in [-0.15, -0.1) is 0 Å². The van der Waals surface area contributed by atoms with Crippen molar-refractivity contribution in [1.82, 2.24) is 8.75 Å². The molecular weight excluding hydrogens is 568 g/mol. The molecule has 1 aliphatic rings. The lowest BCUT2D eigenvalue weighted by Crippen LogP contribution is -2.29. The lowest BCUT2D eigenvalue weighted by molar-refractivity contribution is -0.185. The van der Waals surface area contributed by atoms with Crippen LogP contribution in [0.1, 0.15) is 22.3 Å². The highest BCUT2D eigenvalue weighted by atomic mass is 32.1. The monoisotopic (exact) mass is 596 g/mol. The molecule has 0 saturated carbocycles. The van der Waals surface area contributed by atoms with E-state index in [-0.39, 0.29) is 12.0 Å². The summed E-state index contributed by atoms with van der Waals surface area (Å²) >= 11 is 1.09. The number of hydrogen-bond acceptors (Lipinski definition) is 10. The topological polar surface area (TPSA) is 109 Å². The van der Waals surface area contributed by atoms with Crippen LogP contribution in [0.5, 0.6) is 23.0 Å². The minimum absolute atomic E-state index is 0.133. The molecule has 1 atom stereocenters. The predicted octanol–water partition coefficient (Wildman–Crippen LogP) is 5.69. The smallest absolute Gasteiger partial charge is 0.342 e. The summed E-state index contributed by atoms with van der Waals surface area (Å²) in [5.74, 6) is -0.774. The Bertz CT molecular complexity index is 1790. The zero-order chi connectivity index (χ0) is 30.0. The number of nitrogens with zero attached hydrogens (tertiary/aromatic N) is 2. The third-order valence-corrected chi connectivity index (χ3v) is 7.85. The van der Waals surface area contributed by atoms with Crippen molar-refractivity contribution in [2.75, 3.05) is 21.3 Å². The van der Waals surface area contributed by atoms with Gasteiger partial charge < -0.3 is 28.8 Å². The molecule has 0 amide bonds. The number of benzene rings is 4. The number of esters is 1. The van der Waals surface area contributed by atoms with E-state index in [1.165, 1.54) is 21.3 Å². The van der Waals surface area contributed by atoms with Crippen molar-refractivity contribution in [3.05, 3.63) is 113 Å². The maximum atomic E-state index is 13.5. The second kappa shape index (κ2) is 11.7. The molecule has 0 saturated heterocycles. The van der Waals surface area contributed by atoms with E-state index in [1.54, 1.807) is 54.6 Å². The van der Waals surface area contributed by atoms with Gasteiger partial charge in [-0.25, -0.2) is 4.79 Å². The van der Waals surface area contributed by atoms with Gasteiger partial charge in [0.1, 0.15) is 23.4 Å². The van der Waals surface area contributed by atoms with Crippen LogP contribution in [0.15, 0.2) is 90.5 Å². The van der Waals surface area contributed by atoms with E-state index >= 15 is 0 Å². The van der Waals surface area contributed by atoms with Crippen LogP contribution in [0.4, 0.5) is 0 Å². The molecule has 0 aliphatic carbocycles. The Morgan fingerprint density at radius 1 is 0.814 bits per heavy atom. The molecular formula is C33H28N2O7S. The summed E-state index contributed by atoms with van der Waals surface area (Å²) in [7, 11) is 4.59. The molecule has 10 heteroatoms. The highest BCUT2D eigenvalue weighted by molar-refractivity contribution is 7.00. The number of aliphatic hydroxyl groups is 1. The van der Waals surface area contributed by atoms with E-state index in [4.69, 9.17) is 23.7 Å². The summed E-state index contributed by atoms with van der Waals surface area (Å²) < 4.78 is 36.9. The van der Waals surface area contributed by atoms with E-state index in [9.17, 15) is 9.90 Å². The van der Waals surface area contributed by atoms with Crippen LogP contribution >= 0.6 is 11.7 Å². The number of fused-ring (bicyclic) bond motifs is 1. The standard InChI is InChI=1S/C33H28N2O7S/c1-38-28-16-21(17-29(39-2)31(28)40-3)15-25-30(22-9-14-26-27(18-22)35-43-34-26)32(36)42-33(25,37)23-10-12-24(13-11-23)41-19-20-7-5-4-6-8-20/h4-14,16-18,37H,15,19H2,1-3H3. The Balaban J connectivity index is 1.42. The number of ether oxygens (including phenoxy) is 5. The lowest BCUT2D eigenvalue weighted by Gasteiger charge is -2.26. The van der Waals surface area contributed by atoms with E-state index < -0.39 is 11.8 Å². The van der Waals surface area contributed by atoms with E-state index in [0.29, 0.717) is 62.9 Å². The molecule has 9 nitrogen and oxygen atoms in total. The molecule has 0 fully saturated rings. The number of carbonyl (C=O) groups excluding carboxylic acids is 1. The second-order valence-corrected chi connectivity index (χ2v) is 10.4. The van der Waals surface area contributed by atoms with Crippen molar-refractivity contribution in [2.45, 2.75) is 18.8 Å². The summed E-state index contributed by atoms with van der Waals surface area (Å²) in [6.45, 7) is 0.393. The summed E-state index contributed by atoms with van der Waals surface area (Å²) in [5, 5.41) is 12.2. The molecule has 218 valence electrons. The van der Waals surface area contributed by atoms with Crippen molar-refractivity contribution in [3.63, 3.8) is 0 Å². The molecule has 1 aliphatic heterocycles. The first-order chi connectivity index (χ1) is 20.9. The number of rotatable bonds is 10. The van der Waals surface area contributed by atoms with Gasteiger partial charge in [-0.1, -0.05) is 36.4 Å². The second-order valence-electron chi connectivity index (χ2n) is 9.86. The third-order valence-electron chi connectivity index (χ3n) is 7.30. The Hall–Kier alpha value is -4.93. The fraction of sp³-hybridized carbons (Fsp3) is 0.182. The summed E-state index contributed by atoms with van der Waals surface area (Å²) in [4.78, 5) is 13.5. The third kappa shape index (κ3) is 5.38. The molecule has 1 N–H and O–H groups in total. The number of aromatic nitrogens is 2. The van der Waals surface area contributed by atoms with Gasteiger partial charge in [-0.05, 0) is 65.2 Å². The fourth-order valence-corrected chi connectivity index (χ4v) is 5.69. The van der Waals surface area contributed by atoms with Crippen molar-refractivity contribution >= 4 is 34.3 Å². The van der Waals surface area contributed by atoms with Crippen LogP contribution in [0.2, 0.25) is 0 Å². The van der Waals surface area contributed by atoms with Gasteiger partial charge in [0.2, 0.25) is 5.75 Å². The molecule has 0 spiro atoms. The molecule has 43 heavy (non-hydrogen) atoms. The minimum Gasteiger partial charge on any atom is -0.493 e. The van der Waals surface area contributed by atoms with Crippen LogP contribution < -0.4 is 18.9 Å². The predicted molar refractivity (Wildman–Crippen MR) is 161 cm³/mol. The highest BCUT2D eigenvalue weighted by Crippen LogP contribution is 2.47. The molecule has 5 aromatic rings. The van der Waals surface area contributed by atoms with Crippen LogP contribution in [-0.2, 0) is 28.3 Å². The van der Waals surface area contributed by atoms with Crippen molar-refractivity contribution < 1.29 is 33.6 Å². The van der Waals surface area contributed by atoms with Crippen molar-refractivity contribution in [2.24, 2.45) is 0 Å². The van der Waals surface area contributed by atoms with Gasteiger partial charge in [0.15, 0.2) is 11.5 Å². The molecule has 1 unspecified atom stereocenters. The molecule has 0 radical (unpaired) electrons. The number of cyclic esters (lactones) is 1. The van der Waals surface area contributed by atoms with Gasteiger partial charge >= 0.3 is 5.97 Å². The lowest BCUT2D eigenvalue weighted by atomic mass is 9.88. The highest BCUT2D eigenvalue weighted by Gasteiger charge is 2.48. The van der Waals surface area contributed by atoms with Crippen molar-refractivity contribution in [1.29, 1.82) is 0 Å². The first-order valence-corrected chi connectivity index (χ1v) is 14.1. The zero-order valence-corrected chi connectivity index (χ0v) is 24.5. The van der Waals surface area contributed by atoms with Gasteiger partial charge in [0.25, 0.3) is 5.79 Å². The van der Waals surface area contributed by atoms with E-state index in [2.05, 4.69) is 8.75 Å². The van der Waals surface area contributed by atoms with E-state index in [1.807, 2.05) is 30.3 Å². The quantitative estimate of drug-likeness (QED) is 0.203. The van der Waals surface area contributed by atoms with Gasteiger partial charge in [0.05, 0.1) is 38.6 Å². The number of carbonyl (C=O) groups is 1. The molecule has 1 aromatic heterocycles. The van der Waals surface area contributed by atoms with Crippen LogP contribution in [0.25, 0.3) is 16.6 Å². The number of hydrogen-bond donors (Lipinski definition) is 1. The molecule has 0 bridgehead atoms.